The van der Waals surface area contributed by atoms with E-state index < -0.39 is 24.1 Å². The Balaban J connectivity index is 2.10. The molecule has 3 atom stereocenters. The summed E-state index contributed by atoms with van der Waals surface area (Å²) >= 11 is 0. The van der Waals surface area contributed by atoms with Gasteiger partial charge in [0.2, 0.25) is 0 Å². The van der Waals surface area contributed by atoms with Crippen LogP contribution in [0.3, 0.4) is 0 Å². The first-order chi connectivity index (χ1) is 8.54. The van der Waals surface area contributed by atoms with E-state index in [1.165, 1.54) is 9.80 Å². The zero-order valence-corrected chi connectivity index (χ0v) is 10.0. The molecule has 0 saturated carbocycles. The van der Waals surface area contributed by atoms with Crippen molar-refractivity contribution in [2.75, 3.05) is 19.7 Å². The highest BCUT2D eigenvalue weighted by molar-refractivity contribution is 5.83. The Hall–Kier alpha value is -1.34. The van der Waals surface area contributed by atoms with Crippen molar-refractivity contribution in [1.29, 1.82) is 0 Å². The fourth-order valence-corrected chi connectivity index (χ4v) is 2.70. The van der Waals surface area contributed by atoms with Gasteiger partial charge in [-0.3, -0.25) is 0 Å². The van der Waals surface area contributed by atoms with E-state index in [4.69, 9.17) is 5.11 Å². The van der Waals surface area contributed by atoms with E-state index in [-0.39, 0.29) is 25.6 Å². The third-order valence-electron chi connectivity index (χ3n) is 3.64. The Kier molecular flexibility index (Phi) is 3.72. The quantitative estimate of drug-likeness (QED) is 0.595. The fourth-order valence-electron chi connectivity index (χ4n) is 2.70. The summed E-state index contributed by atoms with van der Waals surface area (Å²) in [5, 5.41) is 27.7. The molecule has 2 aliphatic heterocycles. The van der Waals surface area contributed by atoms with Gasteiger partial charge in [0, 0.05) is 19.5 Å². The number of β-amino-alcohol motifs (C(OH)–C–C–N with tert-alkyl or cyclic N) is 1. The molecular formula is C11H18N2O5. The highest BCUT2D eigenvalue weighted by Gasteiger charge is 2.42. The molecule has 7 heteroatoms. The van der Waals surface area contributed by atoms with Crippen LogP contribution >= 0.6 is 0 Å². The molecule has 0 spiro atoms. The minimum absolute atomic E-state index is 0.0461. The summed E-state index contributed by atoms with van der Waals surface area (Å²) < 4.78 is 0. The zero-order chi connectivity index (χ0) is 13.3. The molecule has 7 nitrogen and oxygen atoms in total. The van der Waals surface area contributed by atoms with E-state index in [9.17, 15) is 19.8 Å². The molecule has 18 heavy (non-hydrogen) atoms. The molecular weight excluding hydrogens is 240 g/mol. The zero-order valence-electron chi connectivity index (χ0n) is 10.0. The topological polar surface area (TPSA) is 101 Å². The number of carbonyl (C=O) groups is 2. The first-order valence-electron chi connectivity index (χ1n) is 6.13. The van der Waals surface area contributed by atoms with Gasteiger partial charge in [-0.1, -0.05) is 0 Å². The van der Waals surface area contributed by atoms with E-state index in [0.29, 0.717) is 6.54 Å². The van der Waals surface area contributed by atoms with Gasteiger partial charge in [-0.15, -0.1) is 0 Å². The van der Waals surface area contributed by atoms with Gasteiger partial charge in [-0.25, -0.2) is 9.59 Å². The molecule has 0 aromatic heterocycles. The van der Waals surface area contributed by atoms with Gasteiger partial charge in [0.25, 0.3) is 0 Å². The summed E-state index contributed by atoms with van der Waals surface area (Å²) in [7, 11) is 0. The smallest absolute Gasteiger partial charge is 0.326 e. The number of hydrogen-bond donors (Lipinski definition) is 3. The van der Waals surface area contributed by atoms with Crippen molar-refractivity contribution in [2.24, 2.45) is 0 Å². The summed E-state index contributed by atoms with van der Waals surface area (Å²) in [4.78, 5) is 26.0. The summed E-state index contributed by atoms with van der Waals surface area (Å²) in [5.74, 6) is -1.10. The number of carboxylic acids is 1. The summed E-state index contributed by atoms with van der Waals surface area (Å²) in [5.41, 5.74) is 0. The lowest BCUT2D eigenvalue weighted by Gasteiger charge is -2.30. The van der Waals surface area contributed by atoms with Gasteiger partial charge < -0.3 is 25.1 Å². The standard InChI is InChI=1S/C11H18N2O5/c14-6-7-2-1-3-12(7)11(18)13-5-8(15)4-9(13)10(16)17/h7-9,14-15H,1-6H2,(H,16,17)/t7?,8?,9-/m0/s1. The average molecular weight is 258 g/mol. The Morgan fingerprint density at radius 2 is 2.00 bits per heavy atom. The Labute approximate surface area is 105 Å². The molecule has 2 fully saturated rings. The SMILES string of the molecule is O=C(O)[C@@H]1CC(O)CN1C(=O)N1CCCC1CO. The lowest BCUT2D eigenvalue weighted by molar-refractivity contribution is -0.141. The minimum atomic E-state index is -1.10. The van der Waals surface area contributed by atoms with Crippen LogP contribution in [0.1, 0.15) is 19.3 Å². The van der Waals surface area contributed by atoms with Crippen molar-refractivity contribution < 1.29 is 24.9 Å². The molecule has 2 amide bonds. The number of likely N-dealkylation sites (tertiary alicyclic amines) is 2. The first-order valence-corrected chi connectivity index (χ1v) is 6.13. The predicted molar refractivity (Wildman–Crippen MR) is 61.0 cm³/mol. The number of hydrogen-bond acceptors (Lipinski definition) is 4. The Morgan fingerprint density at radius 1 is 1.28 bits per heavy atom. The Bertz CT molecular complexity index is 348. The van der Waals surface area contributed by atoms with Crippen molar-refractivity contribution in [3.63, 3.8) is 0 Å². The molecule has 0 aliphatic carbocycles. The number of aliphatic hydroxyl groups excluding tert-OH is 2. The number of carbonyl (C=O) groups excluding carboxylic acids is 1. The second-order valence-electron chi connectivity index (χ2n) is 4.85. The second-order valence-corrected chi connectivity index (χ2v) is 4.85. The summed E-state index contributed by atoms with van der Waals surface area (Å²) in [6.45, 7) is 0.466. The average Bonchev–Trinajstić information content (AvgIpc) is 2.93. The van der Waals surface area contributed by atoms with Gasteiger partial charge in [0.05, 0.1) is 18.8 Å². The van der Waals surface area contributed by atoms with Gasteiger partial charge in [-0.05, 0) is 12.8 Å². The lowest BCUT2D eigenvalue weighted by Crippen LogP contribution is -2.50. The Morgan fingerprint density at radius 3 is 2.61 bits per heavy atom. The van der Waals surface area contributed by atoms with Crippen LogP contribution < -0.4 is 0 Å². The van der Waals surface area contributed by atoms with E-state index in [1.807, 2.05) is 0 Å². The van der Waals surface area contributed by atoms with Gasteiger partial charge in [-0.2, -0.15) is 0 Å². The molecule has 2 saturated heterocycles. The predicted octanol–water partition coefficient (Wildman–Crippen LogP) is -0.917. The van der Waals surface area contributed by atoms with Crippen LogP contribution in [0.2, 0.25) is 0 Å². The van der Waals surface area contributed by atoms with E-state index in [2.05, 4.69) is 0 Å². The molecule has 102 valence electrons. The number of urea groups is 1. The van der Waals surface area contributed by atoms with Crippen LogP contribution in [0, 0.1) is 0 Å². The largest absolute Gasteiger partial charge is 0.480 e. The van der Waals surface area contributed by atoms with E-state index in [1.54, 1.807) is 0 Å². The number of rotatable bonds is 2. The maximum atomic E-state index is 12.2. The first kappa shape index (κ1) is 13.1. The van der Waals surface area contributed by atoms with Crippen molar-refractivity contribution in [2.45, 2.75) is 37.5 Å². The fraction of sp³-hybridized carbons (Fsp3) is 0.818. The van der Waals surface area contributed by atoms with Gasteiger partial charge in [0.1, 0.15) is 6.04 Å². The minimum Gasteiger partial charge on any atom is -0.480 e. The van der Waals surface area contributed by atoms with Crippen LogP contribution in [-0.4, -0.2) is 75.0 Å². The number of amides is 2. The second kappa shape index (κ2) is 5.11. The molecule has 2 heterocycles. The monoisotopic (exact) mass is 258 g/mol. The van der Waals surface area contributed by atoms with Crippen molar-refractivity contribution in [3.05, 3.63) is 0 Å². The van der Waals surface area contributed by atoms with Crippen molar-refractivity contribution >= 4 is 12.0 Å². The summed E-state index contributed by atoms with van der Waals surface area (Å²) in [6.07, 6.45) is 0.824. The van der Waals surface area contributed by atoms with Crippen molar-refractivity contribution in [1.82, 2.24) is 9.80 Å². The number of aliphatic carboxylic acids is 1. The summed E-state index contributed by atoms with van der Waals surface area (Å²) in [6, 6.07) is -1.59. The number of carboxylic acid groups (broad SMARTS) is 1. The normalized spacial score (nSPS) is 32.0. The highest BCUT2D eigenvalue weighted by Crippen LogP contribution is 2.24. The maximum absolute atomic E-state index is 12.2. The third-order valence-corrected chi connectivity index (χ3v) is 3.64. The highest BCUT2D eigenvalue weighted by atomic mass is 16.4. The molecule has 0 aromatic rings. The molecule has 0 aromatic carbocycles. The van der Waals surface area contributed by atoms with E-state index >= 15 is 0 Å². The molecule has 2 unspecified atom stereocenters. The molecule has 2 aliphatic rings. The number of aliphatic hydroxyl groups is 2. The molecule has 3 N–H and O–H groups in total. The van der Waals surface area contributed by atoms with Crippen LogP contribution in [0.4, 0.5) is 4.79 Å². The molecule has 2 rings (SSSR count). The van der Waals surface area contributed by atoms with Gasteiger partial charge in [0.15, 0.2) is 0 Å². The molecule has 0 bridgehead atoms. The van der Waals surface area contributed by atoms with E-state index in [0.717, 1.165) is 12.8 Å². The molecule has 0 radical (unpaired) electrons. The third kappa shape index (κ3) is 2.28. The lowest BCUT2D eigenvalue weighted by atomic mass is 10.2. The van der Waals surface area contributed by atoms with Crippen LogP contribution in [0.25, 0.3) is 0 Å². The van der Waals surface area contributed by atoms with Gasteiger partial charge >= 0.3 is 12.0 Å². The van der Waals surface area contributed by atoms with Crippen LogP contribution in [0.15, 0.2) is 0 Å². The van der Waals surface area contributed by atoms with Crippen molar-refractivity contribution in [3.8, 4) is 0 Å². The maximum Gasteiger partial charge on any atom is 0.326 e. The van der Waals surface area contributed by atoms with Crippen LogP contribution in [-0.2, 0) is 4.79 Å². The number of nitrogens with zero attached hydrogens (tertiary/aromatic N) is 2. The van der Waals surface area contributed by atoms with Crippen LogP contribution in [0.5, 0.6) is 0 Å².